The van der Waals surface area contributed by atoms with Crippen molar-refractivity contribution in [2.24, 2.45) is 5.92 Å². The van der Waals surface area contributed by atoms with Crippen molar-refractivity contribution in [2.45, 2.75) is 31.7 Å². The minimum absolute atomic E-state index is 0.167. The highest BCUT2D eigenvalue weighted by atomic mass is 19.4. The Morgan fingerprint density at radius 3 is 2.45 bits per heavy atom. The first-order valence-electron chi connectivity index (χ1n) is 6.43. The predicted molar refractivity (Wildman–Crippen MR) is 67.0 cm³/mol. The molecule has 1 aliphatic carbocycles. The monoisotopic (exact) mass is 287 g/mol. The third kappa shape index (κ3) is 3.88. The smallest absolute Gasteiger partial charge is 0.486 e. The van der Waals surface area contributed by atoms with Gasteiger partial charge in [-0.1, -0.05) is 18.2 Å². The lowest BCUT2D eigenvalue weighted by Crippen LogP contribution is -2.41. The summed E-state index contributed by atoms with van der Waals surface area (Å²) >= 11 is 0. The van der Waals surface area contributed by atoms with Crippen molar-refractivity contribution in [3.05, 3.63) is 30.3 Å². The molecule has 0 saturated heterocycles. The number of benzene rings is 1. The van der Waals surface area contributed by atoms with Crippen molar-refractivity contribution in [3.63, 3.8) is 0 Å². The molecule has 0 aliphatic heterocycles. The van der Waals surface area contributed by atoms with Crippen LogP contribution < -0.4 is 4.74 Å². The van der Waals surface area contributed by atoms with Crippen LogP contribution >= 0.6 is 0 Å². The van der Waals surface area contributed by atoms with E-state index < -0.39 is 18.3 Å². The SMILES string of the molecule is CN(C(=O)CC(Oc1ccccc1)C1CC1)C(F)(F)F. The Hall–Kier alpha value is -1.72. The molecule has 0 aromatic heterocycles. The maximum atomic E-state index is 12.5. The lowest BCUT2D eigenvalue weighted by Gasteiger charge is -2.24. The van der Waals surface area contributed by atoms with E-state index in [-0.39, 0.29) is 17.2 Å². The summed E-state index contributed by atoms with van der Waals surface area (Å²) in [5, 5.41) is 0. The topological polar surface area (TPSA) is 29.5 Å². The molecule has 0 radical (unpaired) electrons. The van der Waals surface area contributed by atoms with Crippen LogP contribution in [0.25, 0.3) is 0 Å². The van der Waals surface area contributed by atoms with E-state index in [2.05, 4.69) is 0 Å². The van der Waals surface area contributed by atoms with Gasteiger partial charge in [0, 0.05) is 7.05 Å². The fourth-order valence-electron chi connectivity index (χ4n) is 1.90. The summed E-state index contributed by atoms with van der Waals surface area (Å²) in [5.74, 6) is -0.224. The number of carbonyl (C=O) groups excluding carboxylic acids is 1. The Morgan fingerprint density at radius 2 is 1.95 bits per heavy atom. The van der Waals surface area contributed by atoms with Gasteiger partial charge in [0.25, 0.3) is 0 Å². The van der Waals surface area contributed by atoms with Crippen LogP contribution in [0.5, 0.6) is 5.75 Å². The minimum Gasteiger partial charge on any atom is -0.490 e. The van der Waals surface area contributed by atoms with Gasteiger partial charge >= 0.3 is 6.30 Å². The zero-order chi connectivity index (χ0) is 14.8. The molecule has 1 unspecified atom stereocenters. The third-order valence-corrected chi connectivity index (χ3v) is 3.31. The number of amides is 1. The Labute approximate surface area is 115 Å². The Morgan fingerprint density at radius 1 is 1.35 bits per heavy atom. The second-order valence-electron chi connectivity index (χ2n) is 4.93. The number of para-hydroxylation sites is 1. The number of halogens is 3. The summed E-state index contributed by atoms with van der Waals surface area (Å²) < 4.78 is 43.0. The molecular weight excluding hydrogens is 271 g/mol. The maximum Gasteiger partial charge on any atom is 0.486 e. The van der Waals surface area contributed by atoms with Gasteiger partial charge in [-0.25, -0.2) is 0 Å². The van der Waals surface area contributed by atoms with Gasteiger partial charge in [0.2, 0.25) is 5.91 Å². The van der Waals surface area contributed by atoms with Gasteiger partial charge in [0.05, 0.1) is 6.42 Å². The second kappa shape index (κ2) is 5.73. The number of rotatable bonds is 5. The quantitative estimate of drug-likeness (QED) is 0.778. The minimum atomic E-state index is -4.64. The molecule has 1 atom stereocenters. The van der Waals surface area contributed by atoms with Crippen molar-refractivity contribution < 1.29 is 22.7 Å². The van der Waals surface area contributed by atoms with Crippen molar-refractivity contribution in [2.75, 3.05) is 7.05 Å². The van der Waals surface area contributed by atoms with Crippen LogP contribution in [0.15, 0.2) is 30.3 Å². The molecule has 2 rings (SSSR count). The van der Waals surface area contributed by atoms with Gasteiger partial charge in [-0.15, -0.1) is 13.2 Å². The van der Waals surface area contributed by atoms with Crippen LogP contribution in [0, 0.1) is 5.92 Å². The fourth-order valence-corrected chi connectivity index (χ4v) is 1.90. The van der Waals surface area contributed by atoms with Gasteiger partial charge in [-0.3, -0.25) is 9.69 Å². The normalized spacial score (nSPS) is 16.6. The van der Waals surface area contributed by atoms with Crippen molar-refractivity contribution in [1.82, 2.24) is 4.90 Å². The Kier molecular flexibility index (Phi) is 4.20. The molecule has 110 valence electrons. The van der Waals surface area contributed by atoms with Crippen LogP contribution in [0.2, 0.25) is 0 Å². The van der Waals surface area contributed by atoms with Crippen molar-refractivity contribution >= 4 is 5.91 Å². The highest BCUT2D eigenvalue weighted by molar-refractivity contribution is 5.76. The van der Waals surface area contributed by atoms with Gasteiger partial charge in [-0.05, 0) is 30.9 Å². The second-order valence-corrected chi connectivity index (χ2v) is 4.93. The third-order valence-electron chi connectivity index (χ3n) is 3.31. The van der Waals surface area contributed by atoms with Crippen LogP contribution in [0.3, 0.4) is 0 Å². The van der Waals surface area contributed by atoms with Gasteiger partial charge in [-0.2, -0.15) is 0 Å². The number of hydrogen-bond acceptors (Lipinski definition) is 2. The van der Waals surface area contributed by atoms with Crippen molar-refractivity contribution in [3.8, 4) is 5.75 Å². The number of alkyl halides is 3. The number of carbonyl (C=O) groups is 1. The maximum absolute atomic E-state index is 12.5. The molecule has 0 N–H and O–H groups in total. The highest BCUT2D eigenvalue weighted by Crippen LogP contribution is 2.37. The van der Waals surface area contributed by atoms with E-state index >= 15 is 0 Å². The standard InChI is InChI=1S/C14H16F3NO2/c1-18(14(15,16)17)13(19)9-12(10-7-8-10)20-11-5-3-2-4-6-11/h2-6,10,12H,7-9H2,1H3. The molecule has 0 heterocycles. The van der Waals surface area contributed by atoms with E-state index in [0.29, 0.717) is 5.75 Å². The molecule has 6 heteroatoms. The largest absolute Gasteiger partial charge is 0.490 e. The molecule has 0 spiro atoms. The van der Waals surface area contributed by atoms with E-state index in [1.807, 2.05) is 6.07 Å². The zero-order valence-electron chi connectivity index (χ0n) is 11.1. The summed E-state index contributed by atoms with van der Waals surface area (Å²) in [6.07, 6.45) is -3.61. The molecule has 1 aromatic carbocycles. The van der Waals surface area contributed by atoms with E-state index in [9.17, 15) is 18.0 Å². The molecule has 1 amide bonds. The van der Waals surface area contributed by atoms with Crippen LogP contribution in [-0.4, -0.2) is 30.3 Å². The molecule has 1 saturated carbocycles. The van der Waals surface area contributed by atoms with Crippen molar-refractivity contribution in [1.29, 1.82) is 0 Å². The molecular formula is C14H16F3NO2. The molecule has 1 aliphatic rings. The summed E-state index contributed by atoms with van der Waals surface area (Å²) in [6, 6.07) is 8.84. The summed E-state index contributed by atoms with van der Waals surface area (Å²) in [5.41, 5.74) is 0. The van der Waals surface area contributed by atoms with Gasteiger partial charge in [0.15, 0.2) is 0 Å². The predicted octanol–water partition coefficient (Wildman–Crippen LogP) is 3.21. The average molecular weight is 287 g/mol. The number of nitrogens with zero attached hydrogens (tertiary/aromatic N) is 1. The molecule has 1 aromatic rings. The molecule has 20 heavy (non-hydrogen) atoms. The van der Waals surface area contributed by atoms with Crippen LogP contribution in [0.1, 0.15) is 19.3 Å². The molecule has 3 nitrogen and oxygen atoms in total. The zero-order valence-corrected chi connectivity index (χ0v) is 11.1. The van der Waals surface area contributed by atoms with Crippen LogP contribution in [-0.2, 0) is 4.79 Å². The summed E-state index contributed by atoms with van der Waals surface area (Å²) in [6.45, 7) is 0. The summed E-state index contributed by atoms with van der Waals surface area (Å²) in [4.78, 5) is 11.5. The first-order chi connectivity index (χ1) is 9.38. The number of hydrogen-bond donors (Lipinski definition) is 0. The highest BCUT2D eigenvalue weighted by Gasteiger charge is 2.41. The van der Waals surface area contributed by atoms with E-state index in [4.69, 9.17) is 4.74 Å². The first kappa shape index (κ1) is 14.7. The lowest BCUT2D eigenvalue weighted by molar-refractivity contribution is -0.233. The van der Waals surface area contributed by atoms with E-state index in [1.165, 1.54) is 0 Å². The molecule has 0 bridgehead atoms. The average Bonchev–Trinajstić information content (AvgIpc) is 3.21. The van der Waals surface area contributed by atoms with E-state index in [1.54, 1.807) is 24.3 Å². The lowest BCUT2D eigenvalue weighted by atomic mass is 10.1. The Bertz CT molecular complexity index is 457. The Balaban J connectivity index is 1.98. The van der Waals surface area contributed by atoms with Gasteiger partial charge in [0.1, 0.15) is 11.9 Å². The fraction of sp³-hybridized carbons (Fsp3) is 0.500. The summed E-state index contributed by atoms with van der Waals surface area (Å²) in [7, 11) is 0.745. The first-order valence-corrected chi connectivity index (χ1v) is 6.43. The van der Waals surface area contributed by atoms with E-state index in [0.717, 1.165) is 19.9 Å². The van der Waals surface area contributed by atoms with Crippen LogP contribution in [0.4, 0.5) is 13.2 Å². The number of ether oxygens (including phenoxy) is 1. The molecule has 1 fully saturated rings. The van der Waals surface area contributed by atoms with Gasteiger partial charge < -0.3 is 4.74 Å².